The normalized spacial score (nSPS) is 33.4. The van der Waals surface area contributed by atoms with Gasteiger partial charge in [0.2, 0.25) is 0 Å². The molecule has 0 aromatic rings. The Hall–Kier alpha value is -0.770. The van der Waals surface area contributed by atoms with Crippen LogP contribution in [0.5, 0.6) is 0 Å². The van der Waals surface area contributed by atoms with E-state index in [1.807, 2.05) is 25.7 Å². The number of piperidine rings is 1. The average Bonchev–Trinajstić information content (AvgIpc) is 2.58. The number of rotatable bonds is 0. The molecule has 1 aliphatic carbocycles. The van der Waals surface area contributed by atoms with Crippen LogP contribution < -0.4 is 5.73 Å². The van der Waals surface area contributed by atoms with Gasteiger partial charge in [-0.05, 0) is 52.4 Å². The molecule has 4 heteroatoms. The smallest absolute Gasteiger partial charge is 0.410 e. The molecule has 0 radical (unpaired) electrons. The third kappa shape index (κ3) is 2.73. The van der Waals surface area contributed by atoms with Crippen molar-refractivity contribution in [1.29, 1.82) is 0 Å². The van der Waals surface area contributed by atoms with Gasteiger partial charge in [0.15, 0.2) is 0 Å². The van der Waals surface area contributed by atoms with Crippen molar-refractivity contribution in [2.45, 2.75) is 64.1 Å². The summed E-state index contributed by atoms with van der Waals surface area (Å²) in [6.45, 7) is 6.51. The van der Waals surface area contributed by atoms with Gasteiger partial charge in [0.1, 0.15) is 5.60 Å². The standard InChI is InChI=1S/C13H24N2O2/c1-13(2,3)17-12(16)15-8-4-5-9-6-7-10(14)11(9)15/h9-11H,4-8,14H2,1-3H3. The summed E-state index contributed by atoms with van der Waals surface area (Å²) < 4.78 is 5.47. The van der Waals surface area contributed by atoms with Gasteiger partial charge in [-0.3, -0.25) is 0 Å². The molecule has 1 heterocycles. The van der Waals surface area contributed by atoms with Crippen LogP contribution in [0.15, 0.2) is 0 Å². The van der Waals surface area contributed by atoms with Gasteiger partial charge in [-0.2, -0.15) is 0 Å². The molecule has 0 aromatic carbocycles. The van der Waals surface area contributed by atoms with Crippen molar-refractivity contribution in [3.63, 3.8) is 0 Å². The Labute approximate surface area is 103 Å². The van der Waals surface area contributed by atoms with Crippen molar-refractivity contribution in [3.8, 4) is 0 Å². The molecule has 3 unspecified atom stereocenters. The van der Waals surface area contributed by atoms with Crippen LogP contribution in [0.1, 0.15) is 46.5 Å². The zero-order valence-corrected chi connectivity index (χ0v) is 11.1. The fraction of sp³-hybridized carbons (Fsp3) is 0.923. The molecule has 2 fully saturated rings. The lowest BCUT2D eigenvalue weighted by Gasteiger charge is -2.40. The summed E-state index contributed by atoms with van der Waals surface area (Å²) in [4.78, 5) is 14.0. The second-order valence-corrected chi connectivity index (χ2v) is 6.31. The quantitative estimate of drug-likeness (QED) is 0.705. The summed E-state index contributed by atoms with van der Waals surface area (Å²) in [7, 11) is 0. The third-order valence-corrected chi connectivity index (χ3v) is 3.75. The molecule has 17 heavy (non-hydrogen) atoms. The zero-order chi connectivity index (χ0) is 12.6. The van der Waals surface area contributed by atoms with Gasteiger partial charge >= 0.3 is 6.09 Å². The molecule has 0 aromatic heterocycles. The molecule has 2 aliphatic rings. The molecule has 2 rings (SSSR count). The average molecular weight is 240 g/mol. The first-order valence-electron chi connectivity index (χ1n) is 6.64. The largest absolute Gasteiger partial charge is 0.444 e. The van der Waals surface area contributed by atoms with Crippen LogP contribution in [0.3, 0.4) is 0 Å². The summed E-state index contributed by atoms with van der Waals surface area (Å²) in [6.07, 6.45) is 4.29. The minimum Gasteiger partial charge on any atom is -0.444 e. The number of hydrogen-bond acceptors (Lipinski definition) is 3. The topological polar surface area (TPSA) is 55.6 Å². The Morgan fingerprint density at radius 3 is 2.65 bits per heavy atom. The van der Waals surface area contributed by atoms with E-state index in [1.165, 1.54) is 6.42 Å². The lowest BCUT2D eigenvalue weighted by molar-refractivity contribution is 0.00228. The zero-order valence-electron chi connectivity index (χ0n) is 11.1. The maximum absolute atomic E-state index is 12.2. The van der Waals surface area contributed by atoms with Crippen LogP contribution in [0.4, 0.5) is 4.79 Å². The number of fused-ring (bicyclic) bond motifs is 1. The Morgan fingerprint density at radius 2 is 2.00 bits per heavy atom. The highest BCUT2D eigenvalue weighted by atomic mass is 16.6. The molecule has 1 saturated carbocycles. The number of nitrogens with zero attached hydrogens (tertiary/aromatic N) is 1. The van der Waals surface area contributed by atoms with Crippen LogP contribution >= 0.6 is 0 Å². The highest BCUT2D eigenvalue weighted by Crippen LogP contribution is 2.36. The number of amides is 1. The van der Waals surface area contributed by atoms with Gasteiger partial charge in [-0.1, -0.05) is 0 Å². The van der Waals surface area contributed by atoms with E-state index in [-0.39, 0.29) is 18.2 Å². The maximum atomic E-state index is 12.2. The Kier molecular flexibility index (Phi) is 3.34. The van der Waals surface area contributed by atoms with Crippen molar-refractivity contribution in [3.05, 3.63) is 0 Å². The van der Waals surface area contributed by atoms with Crippen LogP contribution in [0, 0.1) is 5.92 Å². The van der Waals surface area contributed by atoms with E-state index in [0.717, 1.165) is 25.8 Å². The molecule has 98 valence electrons. The van der Waals surface area contributed by atoms with Gasteiger partial charge in [0.25, 0.3) is 0 Å². The lowest BCUT2D eigenvalue weighted by atomic mass is 9.91. The Balaban J connectivity index is 2.06. The molecular formula is C13H24N2O2. The van der Waals surface area contributed by atoms with Crippen LogP contribution in [-0.4, -0.2) is 35.2 Å². The lowest BCUT2D eigenvalue weighted by Crippen LogP contribution is -2.54. The summed E-state index contributed by atoms with van der Waals surface area (Å²) >= 11 is 0. The Morgan fingerprint density at radius 1 is 1.29 bits per heavy atom. The third-order valence-electron chi connectivity index (χ3n) is 3.75. The second kappa shape index (κ2) is 4.48. The van der Waals surface area contributed by atoms with Gasteiger partial charge in [0.05, 0.1) is 6.04 Å². The van der Waals surface area contributed by atoms with Gasteiger partial charge in [-0.25, -0.2) is 4.79 Å². The van der Waals surface area contributed by atoms with Crippen molar-refractivity contribution in [2.75, 3.05) is 6.54 Å². The second-order valence-electron chi connectivity index (χ2n) is 6.31. The SMILES string of the molecule is CC(C)(C)OC(=O)N1CCCC2CCC(N)C21. The van der Waals surface area contributed by atoms with E-state index in [4.69, 9.17) is 10.5 Å². The summed E-state index contributed by atoms with van der Waals surface area (Å²) in [5.41, 5.74) is 5.71. The highest BCUT2D eigenvalue weighted by Gasteiger charge is 2.43. The predicted octanol–water partition coefficient (Wildman–Crippen LogP) is 2.12. The van der Waals surface area contributed by atoms with Gasteiger partial charge < -0.3 is 15.4 Å². The summed E-state index contributed by atoms with van der Waals surface area (Å²) in [6, 6.07) is 0.339. The number of carbonyl (C=O) groups is 1. The number of likely N-dealkylation sites (tertiary alicyclic amines) is 1. The predicted molar refractivity (Wildman–Crippen MR) is 66.7 cm³/mol. The number of nitrogens with two attached hydrogens (primary N) is 1. The molecule has 0 spiro atoms. The molecule has 2 N–H and O–H groups in total. The first-order valence-corrected chi connectivity index (χ1v) is 6.64. The van der Waals surface area contributed by atoms with Crippen molar-refractivity contribution < 1.29 is 9.53 Å². The van der Waals surface area contributed by atoms with Crippen molar-refractivity contribution >= 4 is 6.09 Å². The van der Waals surface area contributed by atoms with E-state index >= 15 is 0 Å². The number of ether oxygens (including phenoxy) is 1. The minimum absolute atomic E-state index is 0.132. The highest BCUT2D eigenvalue weighted by molar-refractivity contribution is 5.69. The molecule has 1 aliphatic heterocycles. The van der Waals surface area contributed by atoms with Crippen molar-refractivity contribution in [2.24, 2.45) is 11.7 Å². The fourth-order valence-corrected chi connectivity index (χ4v) is 3.10. The van der Waals surface area contributed by atoms with Crippen molar-refractivity contribution in [1.82, 2.24) is 4.90 Å². The molecule has 1 amide bonds. The molecule has 0 bridgehead atoms. The molecular weight excluding hydrogens is 216 g/mol. The van der Waals surface area contributed by atoms with E-state index in [1.54, 1.807) is 0 Å². The molecule has 3 atom stereocenters. The first-order chi connectivity index (χ1) is 7.88. The first kappa shape index (κ1) is 12.7. The van der Waals surface area contributed by atoms with E-state index in [2.05, 4.69) is 0 Å². The van der Waals surface area contributed by atoms with E-state index in [9.17, 15) is 4.79 Å². The molecule has 4 nitrogen and oxygen atoms in total. The van der Waals surface area contributed by atoms with Gasteiger partial charge in [0, 0.05) is 12.6 Å². The molecule has 1 saturated heterocycles. The van der Waals surface area contributed by atoms with E-state index in [0.29, 0.717) is 5.92 Å². The number of hydrogen-bond donors (Lipinski definition) is 1. The van der Waals surface area contributed by atoms with Crippen LogP contribution in [0.2, 0.25) is 0 Å². The number of carbonyl (C=O) groups excluding carboxylic acids is 1. The van der Waals surface area contributed by atoms with E-state index < -0.39 is 5.60 Å². The monoisotopic (exact) mass is 240 g/mol. The van der Waals surface area contributed by atoms with Crippen LogP contribution in [-0.2, 0) is 4.74 Å². The Bertz CT molecular complexity index is 296. The maximum Gasteiger partial charge on any atom is 0.410 e. The summed E-state index contributed by atoms with van der Waals surface area (Å²) in [5, 5.41) is 0. The summed E-state index contributed by atoms with van der Waals surface area (Å²) in [5.74, 6) is 0.589. The fourth-order valence-electron chi connectivity index (χ4n) is 3.10. The van der Waals surface area contributed by atoms with Crippen LogP contribution in [0.25, 0.3) is 0 Å². The van der Waals surface area contributed by atoms with Gasteiger partial charge in [-0.15, -0.1) is 0 Å². The minimum atomic E-state index is -0.424.